The van der Waals surface area contributed by atoms with Crippen LogP contribution in [-0.4, -0.2) is 48.6 Å². The van der Waals surface area contributed by atoms with Crippen molar-refractivity contribution in [3.8, 4) is 0 Å². The van der Waals surface area contributed by atoms with Gasteiger partial charge < -0.3 is 9.64 Å². The largest absolute Gasteiger partial charge is 0.444 e. The van der Waals surface area contributed by atoms with Crippen molar-refractivity contribution in [2.24, 2.45) is 0 Å². The summed E-state index contributed by atoms with van der Waals surface area (Å²) in [7, 11) is 0. The molecule has 0 bridgehead atoms. The van der Waals surface area contributed by atoms with Gasteiger partial charge in [-0.05, 0) is 19.5 Å². The number of hydrogen-bond donors (Lipinski definition) is 0. The third-order valence-electron chi connectivity index (χ3n) is 3.26. The number of amides is 1. The summed E-state index contributed by atoms with van der Waals surface area (Å²) < 4.78 is 18.5. The standard InChI is InChI=1S/C14H18FN2O2/c1-2-16-7-9-17(10-8-16)14(18)19-11-12-5-3-4-6-13(12)15/h3-6H,1-2,7-11H2. The quantitative estimate of drug-likeness (QED) is 0.837. The van der Waals surface area contributed by atoms with Crippen molar-refractivity contribution in [2.45, 2.75) is 6.61 Å². The zero-order chi connectivity index (χ0) is 13.7. The molecule has 0 aromatic heterocycles. The zero-order valence-corrected chi connectivity index (χ0v) is 10.8. The topological polar surface area (TPSA) is 32.8 Å². The second kappa shape index (κ2) is 6.52. The Hall–Kier alpha value is -1.62. The summed E-state index contributed by atoms with van der Waals surface area (Å²) in [6, 6.07) is 6.30. The normalized spacial score (nSPS) is 16.4. The summed E-state index contributed by atoms with van der Waals surface area (Å²) >= 11 is 0. The van der Waals surface area contributed by atoms with Crippen LogP contribution in [0.15, 0.2) is 24.3 Å². The van der Waals surface area contributed by atoms with E-state index in [-0.39, 0.29) is 18.5 Å². The van der Waals surface area contributed by atoms with Gasteiger partial charge in [0.25, 0.3) is 0 Å². The maximum absolute atomic E-state index is 13.4. The van der Waals surface area contributed by atoms with Crippen LogP contribution in [0.25, 0.3) is 0 Å². The van der Waals surface area contributed by atoms with Crippen LogP contribution in [0.2, 0.25) is 0 Å². The lowest BCUT2D eigenvalue weighted by molar-refractivity contribution is 0.0734. The third kappa shape index (κ3) is 3.67. The lowest BCUT2D eigenvalue weighted by Gasteiger charge is -2.33. The fraction of sp³-hybridized carbons (Fsp3) is 0.429. The molecule has 1 heterocycles. The van der Waals surface area contributed by atoms with Gasteiger partial charge >= 0.3 is 6.09 Å². The van der Waals surface area contributed by atoms with Gasteiger partial charge in [-0.2, -0.15) is 0 Å². The number of halogens is 1. The molecular formula is C14H18FN2O2. The molecule has 0 aliphatic carbocycles. The molecule has 0 unspecified atom stereocenters. The summed E-state index contributed by atoms with van der Waals surface area (Å²) in [5.74, 6) is -0.350. The number of nitrogens with zero attached hydrogens (tertiary/aromatic N) is 2. The first-order chi connectivity index (χ1) is 9.20. The van der Waals surface area contributed by atoms with Crippen LogP contribution in [0, 0.1) is 12.7 Å². The maximum atomic E-state index is 13.4. The average Bonchev–Trinajstić information content (AvgIpc) is 2.46. The minimum atomic E-state index is -0.382. The molecule has 0 saturated carbocycles. The Morgan fingerprint density at radius 2 is 1.95 bits per heavy atom. The summed E-state index contributed by atoms with van der Waals surface area (Å²) in [6.45, 7) is 7.40. The minimum Gasteiger partial charge on any atom is -0.444 e. The molecule has 1 aliphatic rings. The molecule has 0 atom stereocenters. The van der Waals surface area contributed by atoms with Crippen LogP contribution in [0.4, 0.5) is 9.18 Å². The number of ether oxygens (including phenoxy) is 1. The van der Waals surface area contributed by atoms with E-state index in [0.717, 1.165) is 19.6 Å². The van der Waals surface area contributed by atoms with Crippen molar-refractivity contribution in [2.75, 3.05) is 32.7 Å². The van der Waals surface area contributed by atoms with E-state index in [9.17, 15) is 9.18 Å². The number of benzene rings is 1. The summed E-state index contributed by atoms with van der Waals surface area (Å²) in [4.78, 5) is 15.6. The second-order valence-electron chi connectivity index (χ2n) is 4.47. The van der Waals surface area contributed by atoms with Crippen LogP contribution < -0.4 is 0 Å². The monoisotopic (exact) mass is 265 g/mol. The van der Waals surface area contributed by atoms with E-state index in [4.69, 9.17) is 4.74 Å². The Morgan fingerprint density at radius 3 is 2.58 bits per heavy atom. The Bertz CT molecular complexity index is 431. The Labute approximate surface area is 112 Å². The highest BCUT2D eigenvalue weighted by atomic mass is 19.1. The van der Waals surface area contributed by atoms with Gasteiger partial charge in [-0.25, -0.2) is 9.18 Å². The molecule has 2 rings (SSSR count). The highest BCUT2D eigenvalue weighted by Crippen LogP contribution is 2.10. The van der Waals surface area contributed by atoms with Crippen molar-refractivity contribution in [1.82, 2.24) is 9.80 Å². The van der Waals surface area contributed by atoms with Crippen molar-refractivity contribution >= 4 is 6.09 Å². The fourth-order valence-electron chi connectivity index (χ4n) is 2.00. The lowest BCUT2D eigenvalue weighted by atomic mass is 10.2. The van der Waals surface area contributed by atoms with Crippen molar-refractivity contribution in [3.63, 3.8) is 0 Å². The van der Waals surface area contributed by atoms with Gasteiger partial charge in [0.2, 0.25) is 0 Å². The van der Waals surface area contributed by atoms with Crippen molar-refractivity contribution in [3.05, 3.63) is 42.6 Å². The fourth-order valence-corrected chi connectivity index (χ4v) is 2.00. The van der Waals surface area contributed by atoms with E-state index < -0.39 is 0 Å². The van der Waals surface area contributed by atoms with E-state index in [1.165, 1.54) is 6.07 Å². The van der Waals surface area contributed by atoms with Gasteiger partial charge in [-0.15, -0.1) is 0 Å². The highest BCUT2D eigenvalue weighted by molar-refractivity contribution is 5.67. The van der Waals surface area contributed by atoms with E-state index in [0.29, 0.717) is 18.7 Å². The SMILES string of the molecule is [CH2]CN1CCN(C(=O)OCc2ccccc2F)CC1. The molecule has 1 saturated heterocycles. The first-order valence-electron chi connectivity index (χ1n) is 6.37. The van der Waals surface area contributed by atoms with Crippen LogP contribution in [0.3, 0.4) is 0 Å². The molecule has 1 fully saturated rings. The maximum Gasteiger partial charge on any atom is 0.410 e. The van der Waals surface area contributed by atoms with Crippen molar-refractivity contribution in [1.29, 1.82) is 0 Å². The predicted molar refractivity (Wildman–Crippen MR) is 70.0 cm³/mol. The molecule has 1 aliphatic heterocycles. The molecule has 1 radical (unpaired) electrons. The van der Waals surface area contributed by atoms with E-state index in [1.54, 1.807) is 23.1 Å². The van der Waals surface area contributed by atoms with Gasteiger partial charge in [-0.1, -0.05) is 18.2 Å². The zero-order valence-electron chi connectivity index (χ0n) is 10.8. The number of carbonyl (C=O) groups excluding carboxylic acids is 1. The third-order valence-corrected chi connectivity index (χ3v) is 3.26. The highest BCUT2D eigenvalue weighted by Gasteiger charge is 2.21. The molecule has 4 nitrogen and oxygen atoms in total. The van der Waals surface area contributed by atoms with Gasteiger partial charge in [0, 0.05) is 31.7 Å². The molecule has 19 heavy (non-hydrogen) atoms. The Balaban J connectivity index is 1.81. The average molecular weight is 265 g/mol. The number of hydrogen-bond acceptors (Lipinski definition) is 3. The Kier molecular flexibility index (Phi) is 4.74. The van der Waals surface area contributed by atoms with Crippen LogP contribution in [0.5, 0.6) is 0 Å². The van der Waals surface area contributed by atoms with Gasteiger partial charge in [0.05, 0.1) is 0 Å². The minimum absolute atomic E-state index is 0.0267. The number of rotatable bonds is 3. The van der Waals surface area contributed by atoms with Crippen LogP contribution in [0.1, 0.15) is 5.56 Å². The van der Waals surface area contributed by atoms with E-state index in [1.807, 2.05) is 0 Å². The molecular weight excluding hydrogens is 247 g/mol. The van der Waals surface area contributed by atoms with E-state index >= 15 is 0 Å². The van der Waals surface area contributed by atoms with Crippen LogP contribution >= 0.6 is 0 Å². The second-order valence-corrected chi connectivity index (χ2v) is 4.47. The summed E-state index contributed by atoms with van der Waals surface area (Å²) in [5.41, 5.74) is 0.396. The molecule has 103 valence electrons. The molecule has 1 aromatic rings. The lowest BCUT2D eigenvalue weighted by Crippen LogP contribution is -2.48. The molecule has 5 heteroatoms. The smallest absolute Gasteiger partial charge is 0.410 e. The molecule has 1 amide bonds. The predicted octanol–water partition coefficient (Wildman–Crippen LogP) is 1.91. The van der Waals surface area contributed by atoms with Gasteiger partial charge in [0.15, 0.2) is 0 Å². The van der Waals surface area contributed by atoms with E-state index in [2.05, 4.69) is 11.8 Å². The summed E-state index contributed by atoms with van der Waals surface area (Å²) in [5, 5.41) is 0. The molecule has 0 N–H and O–H groups in total. The Morgan fingerprint density at radius 1 is 1.26 bits per heavy atom. The van der Waals surface area contributed by atoms with Gasteiger partial charge in [0.1, 0.15) is 12.4 Å². The number of piperazine rings is 1. The van der Waals surface area contributed by atoms with Gasteiger partial charge in [-0.3, -0.25) is 4.90 Å². The molecule has 0 spiro atoms. The number of carbonyl (C=O) groups is 1. The van der Waals surface area contributed by atoms with Crippen molar-refractivity contribution < 1.29 is 13.9 Å². The molecule has 1 aromatic carbocycles. The first kappa shape index (κ1) is 13.8. The van der Waals surface area contributed by atoms with Crippen LogP contribution in [-0.2, 0) is 11.3 Å². The summed E-state index contributed by atoms with van der Waals surface area (Å²) in [6.07, 6.45) is -0.382. The first-order valence-corrected chi connectivity index (χ1v) is 6.37.